The molecule has 4 nitrogen and oxygen atoms in total. The number of ether oxygens (including phenoxy) is 1. The summed E-state index contributed by atoms with van der Waals surface area (Å²) in [5.41, 5.74) is 5.84. The summed E-state index contributed by atoms with van der Waals surface area (Å²) in [7, 11) is 2.01. The van der Waals surface area contributed by atoms with E-state index in [1.165, 1.54) is 0 Å². The number of para-hydroxylation sites is 2. The Labute approximate surface area is 195 Å². The van der Waals surface area contributed by atoms with Gasteiger partial charge in [0.25, 0.3) is 0 Å². The Hall–Kier alpha value is -3.26. The summed E-state index contributed by atoms with van der Waals surface area (Å²) in [6, 6.07) is 30.4. The monoisotopic (exact) mass is 495 g/mol. The number of hydrogen-bond donors (Lipinski definition) is 0. The predicted molar refractivity (Wildman–Crippen MR) is 118 cm³/mol. The molecule has 0 saturated carbocycles. The third kappa shape index (κ3) is 4.29. The fourth-order valence-corrected chi connectivity index (χ4v) is 3.48. The number of aromatic nitrogens is 3. The zero-order valence-electron chi connectivity index (χ0n) is 17.1. The molecule has 0 bridgehead atoms. The fourth-order valence-electron chi connectivity index (χ4n) is 3.48. The Morgan fingerprint density at radius 3 is 2.29 bits per heavy atom. The topological polar surface area (TPSA) is 39.9 Å². The molecule has 0 aliphatic carbocycles. The maximum absolute atomic E-state index is 6.07. The zero-order chi connectivity index (χ0) is 20.5. The summed E-state index contributed by atoms with van der Waals surface area (Å²) in [5, 5.41) is 0. The molecule has 2 heterocycles. The summed E-state index contributed by atoms with van der Waals surface area (Å²) in [6.07, 6.45) is 1.81. The summed E-state index contributed by atoms with van der Waals surface area (Å²) in [6.45, 7) is 2.05. The number of nitrogens with zero attached hydrogens (tertiary/aromatic N) is 3. The first kappa shape index (κ1) is 21.0. The van der Waals surface area contributed by atoms with Gasteiger partial charge in [-0.15, -0.1) is 47.5 Å². The van der Waals surface area contributed by atoms with Crippen molar-refractivity contribution in [2.75, 3.05) is 0 Å². The summed E-state index contributed by atoms with van der Waals surface area (Å²) < 4.78 is 8.14. The second kappa shape index (κ2) is 8.85. The number of hydrogen-bond acceptors (Lipinski definition) is 3. The van der Waals surface area contributed by atoms with Crippen LogP contribution in [0.15, 0.2) is 79.0 Å². The predicted octanol–water partition coefficient (Wildman–Crippen LogP) is 6.00. The second-order valence-electron chi connectivity index (χ2n) is 7.16. The maximum atomic E-state index is 6.07. The number of pyridine rings is 1. The first-order valence-corrected chi connectivity index (χ1v) is 9.75. The van der Waals surface area contributed by atoms with Gasteiger partial charge in [-0.3, -0.25) is 4.98 Å². The average Bonchev–Trinajstić information content (AvgIpc) is 3.11. The Kier molecular flexibility index (Phi) is 5.99. The molecule has 0 radical (unpaired) electrons. The Morgan fingerprint density at radius 1 is 0.839 bits per heavy atom. The zero-order valence-corrected chi connectivity index (χ0v) is 18.6. The van der Waals surface area contributed by atoms with E-state index in [9.17, 15) is 0 Å². The Morgan fingerprint density at radius 2 is 1.55 bits per heavy atom. The molecule has 0 unspecified atom stereocenters. The Balaban J connectivity index is 0.00000231. The first-order valence-electron chi connectivity index (χ1n) is 9.75. The van der Waals surface area contributed by atoms with Gasteiger partial charge < -0.3 is 14.3 Å². The van der Waals surface area contributed by atoms with E-state index in [0.717, 1.165) is 39.2 Å². The van der Waals surface area contributed by atoms with Gasteiger partial charge in [0.15, 0.2) is 0 Å². The molecule has 0 atom stereocenters. The van der Waals surface area contributed by atoms with Crippen molar-refractivity contribution in [3.8, 4) is 34.1 Å². The van der Waals surface area contributed by atoms with Crippen LogP contribution < -0.4 is 4.74 Å². The minimum Gasteiger partial charge on any atom is -0.497 e. The molecule has 154 valence electrons. The van der Waals surface area contributed by atoms with Gasteiger partial charge in [-0.05, 0) is 30.8 Å². The molecule has 0 aliphatic heterocycles. The standard InChI is InChI=1S/C26H19N3O.Pd/c1-18-13-14-27-24(15-18)19-7-5-9-21(16-19)30-22-10-6-8-20(17-22)26-28-23-11-3-4-12-25(23)29(26)2;/h3-15H,1-2H3;/q-2;+2. The number of fused-ring (bicyclic) bond motifs is 1. The molecule has 0 spiro atoms. The number of imidazole rings is 1. The normalized spacial score (nSPS) is 10.6. The molecule has 0 saturated heterocycles. The van der Waals surface area contributed by atoms with Gasteiger partial charge >= 0.3 is 20.4 Å². The maximum Gasteiger partial charge on any atom is 2.00 e. The van der Waals surface area contributed by atoms with Crippen molar-refractivity contribution in [2.45, 2.75) is 6.92 Å². The van der Waals surface area contributed by atoms with Gasteiger partial charge in [-0.1, -0.05) is 35.9 Å². The number of benzene rings is 3. The van der Waals surface area contributed by atoms with Crippen molar-refractivity contribution in [1.82, 2.24) is 14.5 Å². The van der Waals surface area contributed by atoms with Crippen molar-refractivity contribution in [2.24, 2.45) is 7.05 Å². The summed E-state index contributed by atoms with van der Waals surface area (Å²) in [4.78, 5) is 9.19. The Bertz CT molecular complexity index is 1360. The van der Waals surface area contributed by atoms with Crippen LogP contribution in [-0.4, -0.2) is 14.5 Å². The van der Waals surface area contributed by atoms with Crippen LogP contribution in [-0.2, 0) is 27.5 Å². The molecule has 0 aliphatic rings. The molecular formula is C26H19N3OPd. The van der Waals surface area contributed by atoms with Crippen LogP contribution in [0.4, 0.5) is 0 Å². The molecule has 5 aromatic rings. The van der Waals surface area contributed by atoms with E-state index in [1.54, 1.807) is 6.20 Å². The van der Waals surface area contributed by atoms with E-state index >= 15 is 0 Å². The van der Waals surface area contributed by atoms with E-state index < -0.39 is 0 Å². The van der Waals surface area contributed by atoms with Crippen molar-refractivity contribution >= 4 is 11.0 Å². The molecule has 3 aromatic carbocycles. The van der Waals surface area contributed by atoms with E-state index in [1.807, 2.05) is 80.7 Å². The average molecular weight is 496 g/mol. The minimum atomic E-state index is 0. The summed E-state index contributed by atoms with van der Waals surface area (Å²) in [5.74, 6) is 2.09. The van der Waals surface area contributed by atoms with Crippen LogP contribution in [0.3, 0.4) is 0 Å². The van der Waals surface area contributed by atoms with Crippen molar-refractivity contribution < 1.29 is 25.2 Å². The molecule has 0 amide bonds. The van der Waals surface area contributed by atoms with E-state index in [-0.39, 0.29) is 20.4 Å². The van der Waals surface area contributed by atoms with Gasteiger partial charge in [0.05, 0.1) is 16.9 Å². The molecule has 31 heavy (non-hydrogen) atoms. The van der Waals surface area contributed by atoms with Gasteiger partial charge in [0, 0.05) is 24.7 Å². The largest absolute Gasteiger partial charge is 2.00 e. The van der Waals surface area contributed by atoms with Gasteiger partial charge in [-0.25, -0.2) is 0 Å². The van der Waals surface area contributed by atoms with Crippen LogP contribution in [0, 0.1) is 19.1 Å². The van der Waals surface area contributed by atoms with Crippen LogP contribution >= 0.6 is 0 Å². The molecule has 5 heteroatoms. The van der Waals surface area contributed by atoms with E-state index in [0.29, 0.717) is 11.5 Å². The van der Waals surface area contributed by atoms with Gasteiger partial charge in [-0.2, -0.15) is 0 Å². The van der Waals surface area contributed by atoms with Crippen molar-refractivity contribution in [3.63, 3.8) is 0 Å². The van der Waals surface area contributed by atoms with E-state index in [4.69, 9.17) is 9.72 Å². The van der Waals surface area contributed by atoms with Crippen LogP contribution in [0.25, 0.3) is 33.7 Å². The molecule has 2 aromatic heterocycles. The second-order valence-corrected chi connectivity index (χ2v) is 7.16. The fraction of sp³-hybridized carbons (Fsp3) is 0.0769. The van der Waals surface area contributed by atoms with Crippen LogP contribution in [0.5, 0.6) is 11.5 Å². The van der Waals surface area contributed by atoms with Crippen molar-refractivity contribution in [1.29, 1.82) is 0 Å². The third-order valence-corrected chi connectivity index (χ3v) is 4.98. The molecule has 0 fully saturated rings. The molecule has 5 rings (SSSR count). The van der Waals surface area contributed by atoms with E-state index in [2.05, 4.69) is 27.8 Å². The minimum absolute atomic E-state index is 0. The number of aryl methyl sites for hydroxylation is 2. The quantitative estimate of drug-likeness (QED) is 0.227. The number of rotatable bonds is 4. The SMILES string of the molecule is Cc1ccnc(-c2[c-]c(Oc3[c-]c(-c4nc5ccccc5n4C)ccc3)ccc2)c1.[Pd+2]. The third-order valence-electron chi connectivity index (χ3n) is 4.98. The van der Waals surface area contributed by atoms with Crippen molar-refractivity contribution in [3.05, 3.63) is 96.7 Å². The van der Waals surface area contributed by atoms with Gasteiger partial charge in [0.2, 0.25) is 0 Å². The molecular weight excluding hydrogens is 477 g/mol. The van der Waals surface area contributed by atoms with Crippen LogP contribution in [0.2, 0.25) is 0 Å². The molecule has 0 N–H and O–H groups in total. The van der Waals surface area contributed by atoms with Gasteiger partial charge in [0.1, 0.15) is 0 Å². The summed E-state index contributed by atoms with van der Waals surface area (Å²) >= 11 is 0. The first-order chi connectivity index (χ1) is 14.7. The van der Waals surface area contributed by atoms with Crippen LogP contribution in [0.1, 0.15) is 5.56 Å². The smallest absolute Gasteiger partial charge is 0.497 e.